The number of anilines is 1. The van der Waals surface area contributed by atoms with Crippen LogP contribution in [0.5, 0.6) is 5.75 Å². The summed E-state index contributed by atoms with van der Waals surface area (Å²) in [7, 11) is 0. The lowest BCUT2D eigenvalue weighted by Gasteiger charge is -2.57. The van der Waals surface area contributed by atoms with Gasteiger partial charge in [0.2, 0.25) is 0 Å². The number of hydrogen-bond donors (Lipinski definition) is 1. The molecule has 4 aliphatic carbocycles. The summed E-state index contributed by atoms with van der Waals surface area (Å²) in [5.74, 6) is 3.94. The zero-order valence-electron chi connectivity index (χ0n) is 18.2. The Bertz CT molecular complexity index is 862. The zero-order chi connectivity index (χ0) is 20.7. The second kappa shape index (κ2) is 7.76. The van der Waals surface area contributed by atoms with Crippen molar-refractivity contribution in [3.05, 3.63) is 59.7 Å². The summed E-state index contributed by atoms with van der Waals surface area (Å²) in [6.07, 6.45) is 8.51. The van der Waals surface area contributed by atoms with Crippen molar-refractivity contribution in [1.29, 1.82) is 0 Å². The van der Waals surface area contributed by atoms with Crippen molar-refractivity contribution in [3.63, 3.8) is 0 Å². The second-order valence-corrected chi connectivity index (χ2v) is 10.3. The maximum Gasteiger partial charge on any atom is 0.262 e. The van der Waals surface area contributed by atoms with Gasteiger partial charge in [0.1, 0.15) is 5.75 Å². The molecule has 30 heavy (non-hydrogen) atoms. The lowest BCUT2D eigenvalue weighted by molar-refractivity contribution is -0.118. The number of carbonyl (C=O) groups is 1. The van der Waals surface area contributed by atoms with Crippen molar-refractivity contribution >= 4 is 11.6 Å². The molecule has 4 saturated carbocycles. The highest BCUT2D eigenvalue weighted by molar-refractivity contribution is 5.91. The zero-order valence-corrected chi connectivity index (χ0v) is 18.2. The van der Waals surface area contributed by atoms with Crippen LogP contribution in [0.15, 0.2) is 48.5 Å². The van der Waals surface area contributed by atoms with Gasteiger partial charge in [0.15, 0.2) is 6.61 Å². The minimum absolute atomic E-state index is 0.0255. The molecule has 0 spiro atoms. The van der Waals surface area contributed by atoms with E-state index < -0.39 is 0 Å². The molecule has 4 aliphatic rings. The van der Waals surface area contributed by atoms with Gasteiger partial charge >= 0.3 is 0 Å². The summed E-state index contributed by atoms with van der Waals surface area (Å²) in [6, 6.07) is 16.6. The van der Waals surface area contributed by atoms with Crippen molar-refractivity contribution in [2.45, 2.75) is 63.7 Å². The lowest BCUT2D eigenvalue weighted by atomic mass is 9.48. The predicted molar refractivity (Wildman–Crippen MR) is 121 cm³/mol. The van der Waals surface area contributed by atoms with Crippen molar-refractivity contribution < 1.29 is 9.53 Å². The largest absolute Gasteiger partial charge is 0.484 e. The number of rotatable bonds is 6. The molecule has 0 atom stereocenters. The van der Waals surface area contributed by atoms with Gasteiger partial charge in [0.25, 0.3) is 5.91 Å². The molecule has 3 nitrogen and oxygen atoms in total. The van der Waals surface area contributed by atoms with Crippen LogP contribution in [-0.4, -0.2) is 12.5 Å². The molecule has 158 valence electrons. The van der Waals surface area contributed by atoms with E-state index in [2.05, 4.69) is 55.6 Å². The van der Waals surface area contributed by atoms with Gasteiger partial charge in [-0.1, -0.05) is 38.1 Å². The van der Waals surface area contributed by atoms with Crippen LogP contribution in [0.4, 0.5) is 5.69 Å². The van der Waals surface area contributed by atoms with Crippen molar-refractivity contribution in [2.75, 3.05) is 11.9 Å². The molecular weight excluding hydrogens is 370 g/mol. The Balaban J connectivity index is 1.18. The van der Waals surface area contributed by atoms with E-state index in [0.717, 1.165) is 29.2 Å². The van der Waals surface area contributed by atoms with Crippen LogP contribution >= 0.6 is 0 Å². The molecule has 4 fully saturated rings. The Labute approximate surface area is 180 Å². The van der Waals surface area contributed by atoms with E-state index in [1.54, 1.807) is 0 Å². The van der Waals surface area contributed by atoms with Crippen LogP contribution in [0.25, 0.3) is 0 Å². The normalized spacial score (nSPS) is 29.2. The first-order valence-corrected chi connectivity index (χ1v) is 11.6. The first kappa shape index (κ1) is 19.7. The molecular formula is C27H33NO2. The van der Waals surface area contributed by atoms with Crippen LogP contribution in [0.1, 0.15) is 69.4 Å². The fraction of sp³-hybridized carbons (Fsp3) is 0.519. The van der Waals surface area contributed by atoms with Crippen LogP contribution in [-0.2, 0) is 10.2 Å². The lowest BCUT2D eigenvalue weighted by Crippen LogP contribution is -2.48. The van der Waals surface area contributed by atoms with Crippen LogP contribution in [0.3, 0.4) is 0 Å². The number of hydrogen-bond acceptors (Lipinski definition) is 2. The fourth-order valence-electron chi connectivity index (χ4n) is 6.67. The highest BCUT2D eigenvalue weighted by Crippen LogP contribution is 2.60. The smallest absolute Gasteiger partial charge is 0.262 e. The topological polar surface area (TPSA) is 38.3 Å². The first-order chi connectivity index (χ1) is 14.5. The Kier molecular flexibility index (Phi) is 5.08. The van der Waals surface area contributed by atoms with E-state index >= 15 is 0 Å². The second-order valence-electron chi connectivity index (χ2n) is 10.3. The molecule has 3 heteroatoms. The monoisotopic (exact) mass is 403 g/mol. The van der Waals surface area contributed by atoms with Gasteiger partial charge in [-0.05, 0) is 103 Å². The summed E-state index contributed by atoms with van der Waals surface area (Å²) in [5, 5.41) is 2.98. The van der Waals surface area contributed by atoms with Gasteiger partial charge in [0, 0.05) is 5.69 Å². The highest BCUT2D eigenvalue weighted by Gasteiger charge is 2.51. The van der Waals surface area contributed by atoms with Crippen molar-refractivity contribution in [3.8, 4) is 5.75 Å². The van der Waals surface area contributed by atoms with Crippen molar-refractivity contribution in [2.24, 2.45) is 17.8 Å². The number of nitrogens with one attached hydrogen (secondary N) is 1. The summed E-state index contributed by atoms with van der Waals surface area (Å²) in [5.41, 5.74) is 4.02. The first-order valence-electron chi connectivity index (χ1n) is 11.6. The van der Waals surface area contributed by atoms with E-state index in [-0.39, 0.29) is 12.5 Å². The summed E-state index contributed by atoms with van der Waals surface area (Å²) < 4.78 is 5.65. The molecule has 6 rings (SSSR count). The van der Waals surface area contributed by atoms with Crippen LogP contribution in [0, 0.1) is 17.8 Å². The van der Waals surface area contributed by atoms with E-state index in [9.17, 15) is 4.79 Å². The maximum absolute atomic E-state index is 12.3. The standard InChI is InChI=1S/C27H33NO2/c1-18(2)22-3-9-25(10-4-22)30-17-26(29)28-24-7-5-23(6-8-24)27-14-19-11-20(15-27)13-21(12-19)16-27/h3-10,18-21H,11-17H2,1-2H3,(H,28,29). The maximum atomic E-state index is 12.3. The molecule has 1 amide bonds. The van der Waals surface area contributed by atoms with E-state index in [4.69, 9.17) is 4.74 Å². The Morgan fingerprint density at radius 2 is 1.50 bits per heavy atom. The summed E-state index contributed by atoms with van der Waals surface area (Å²) in [4.78, 5) is 12.3. The third-order valence-corrected chi connectivity index (χ3v) is 7.74. The minimum atomic E-state index is -0.120. The molecule has 0 aromatic heterocycles. The molecule has 0 saturated heterocycles. The predicted octanol–water partition coefficient (Wildman–Crippen LogP) is 6.30. The quantitative estimate of drug-likeness (QED) is 0.615. The Morgan fingerprint density at radius 1 is 0.933 bits per heavy atom. The summed E-state index contributed by atoms with van der Waals surface area (Å²) >= 11 is 0. The van der Waals surface area contributed by atoms with Gasteiger partial charge in [-0.25, -0.2) is 0 Å². The average molecular weight is 404 g/mol. The molecule has 0 radical (unpaired) electrons. The summed E-state index contributed by atoms with van der Waals surface area (Å²) in [6.45, 7) is 4.35. The van der Waals surface area contributed by atoms with E-state index in [1.165, 1.54) is 49.7 Å². The molecule has 2 aromatic carbocycles. The molecule has 0 aliphatic heterocycles. The third kappa shape index (κ3) is 3.87. The molecule has 1 N–H and O–H groups in total. The highest BCUT2D eigenvalue weighted by atomic mass is 16.5. The Hall–Kier alpha value is -2.29. The number of carbonyl (C=O) groups excluding carboxylic acids is 1. The van der Waals surface area contributed by atoms with Crippen LogP contribution < -0.4 is 10.1 Å². The number of benzene rings is 2. The van der Waals surface area contributed by atoms with Gasteiger partial charge < -0.3 is 10.1 Å². The third-order valence-electron chi connectivity index (χ3n) is 7.74. The van der Waals surface area contributed by atoms with E-state index in [1.807, 2.05) is 12.1 Å². The van der Waals surface area contributed by atoms with Gasteiger partial charge in [-0.15, -0.1) is 0 Å². The van der Waals surface area contributed by atoms with Gasteiger partial charge in [0.05, 0.1) is 0 Å². The number of ether oxygens (including phenoxy) is 1. The Morgan fingerprint density at radius 3 is 2.03 bits per heavy atom. The van der Waals surface area contributed by atoms with E-state index in [0.29, 0.717) is 11.3 Å². The molecule has 2 aromatic rings. The average Bonchev–Trinajstić information content (AvgIpc) is 2.72. The molecule has 0 heterocycles. The fourth-order valence-corrected chi connectivity index (χ4v) is 6.67. The van der Waals surface area contributed by atoms with Gasteiger partial charge in [-0.2, -0.15) is 0 Å². The van der Waals surface area contributed by atoms with Crippen LogP contribution in [0.2, 0.25) is 0 Å². The molecule has 4 bridgehead atoms. The number of amides is 1. The van der Waals surface area contributed by atoms with Crippen molar-refractivity contribution in [1.82, 2.24) is 0 Å². The van der Waals surface area contributed by atoms with Gasteiger partial charge in [-0.3, -0.25) is 4.79 Å². The minimum Gasteiger partial charge on any atom is -0.484 e. The SMILES string of the molecule is CC(C)c1ccc(OCC(=O)Nc2ccc(C34CC5CC(CC(C5)C3)C4)cc2)cc1. The molecule has 0 unspecified atom stereocenters.